The Labute approximate surface area is 105 Å². The summed E-state index contributed by atoms with van der Waals surface area (Å²) in [5, 5.41) is 3.49. The molecule has 1 rings (SSSR count). The van der Waals surface area contributed by atoms with Crippen molar-refractivity contribution in [2.45, 2.75) is 52.7 Å². The standard InChI is InChI=1S/C15H25NO/c1-6-11-16-12(2)13-9-7-8-10-14(13)17-15(3,4)5/h7-10,12,16H,6,11H2,1-5H3. The van der Waals surface area contributed by atoms with Gasteiger partial charge in [-0.25, -0.2) is 0 Å². The van der Waals surface area contributed by atoms with Gasteiger partial charge in [0, 0.05) is 11.6 Å². The molecule has 0 bridgehead atoms. The molecule has 1 aromatic rings. The number of rotatable bonds is 5. The molecule has 0 aliphatic carbocycles. The predicted octanol–water partition coefficient (Wildman–Crippen LogP) is 3.92. The average Bonchev–Trinajstić information content (AvgIpc) is 2.24. The van der Waals surface area contributed by atoms with E-state index >= 15 is 0 Å². The lowest BCUT2D eigenvalue weighted by molar-refractivity contribution is 0.128. The summed E-state index contributed by atoms with van der Waals surface area (Å²) in [6, 6.07) is 8.60. The van der Waals surface area contributed by atoms with Crippen molar-refractivity contribution < 1.29 is 4.74 Å². The predicted molar refractivity (Wildman–Crippen MR) is 73.5 cm³/mol. The summed E-state index contributed by atoms with van der Waals surface area (Å²) in [4.78, 5) is 0. The number of hydrogen-bond donors (Lipinski definition) is 1. The average molecular weight is 235 g/mol. The molecule has 1 atom stereocenters. The van der Waals surface area contributed by atoms with Crippen molar-refractivity contribution in [2.24, 2.45) is 0 Å². The minimum atomic E-state index is -0.152. The maximum atomic E-state index is 5.99. The zero-order valence-corrected chi connectivity index (χ0v) is 11.7. The van der Waals surface area contributed by atoms with E-state index in [4.69, 9.17) is 4.74 Å². The van der Waals surface area contributed by atoms with Crippen LogP contribution < -0.4 is 10.1 Å². The summed E-state index contributed by atoms with van der Waals surface area (Å²) in [5.74, 6) is 0.983. The van der Waals surface area contributed by atoms with Crippen LogP contribution >= 0.6 is 0 Å². The van der Waals surface area contributed by atoms with Crippen LogP contribution in [0.3, 0.4) is 0 Å². The Hall–Kier alpha value is -1.02. The van der Waals surface area contributed by atoms with E-state index in [-0.39, 0.29) is 5.60 Å². The van der Waals surface area contributed by atoms with Crippen LogP contribution in [-0.4, -0.2) is 12.1 Å². The Kier molecular flexibility index (Phi) is 5.01. The second-order valence-corrected chi connectivity index (χ2v) is 5.43. The van der Waals surface area contributed by atoms with E-state index in [2.05, 4.69) is 52.1 Å². The van der Waals surface area contributed by atoms with Crippen molar-refractivity contribution >= 4 is 0 Å². The van der Waals surface area contributed by atoms with Crippen LogP contribution in [-0.2, 0) is 0 Å². The van der Waals surface area contributed by atoms with Gasteiger partial charge in [0.25, 0.3) is 0 Å². The molecule has 0 radical (unpaired) electrons. The quantitative estimate of drug-likeness (QED) is 0.835. The normalized spacial score (nSPS) is 13.5. The van der Waals surface area contributed by atoms with Crippen LogP contribution in [0.25, 0.3) is 0 Å². The number of para-hydroxylation sites is 1. The van der Waals surface area contributed by atoms with Crippen LogP contribution in [0.1, 0.15) is 52.6 Å². The van der Waals surface area contributed by atoms with Crippen LogP contribution in [0, 0.1) is 0 Å². The Morgan fingerprint density at radius 1 is 1.24 bits per heavy atom. The molecule has 0 fully saturated rings. The van der Waals surface area contributed by atoms with Crippen molar-refractivity contribution in [3.63, 3.8) is 0 Å². The van der Waals surface area contributed by atoms with Crippen molar-refractivity contribution in [3.05, 3.63) is 29.8 Å². The molecule has 96 valence electrons. The Morgan fingerprint density at radius 2 is 1.88 bits per heavy atom. The Balaban J connectivity index is 2.83. The zero-order valence-electron chi connectivity index (χ0n) is 11.7. The molecule has 1 aromatic carbocycles. The number of hydrogen-bond acceptors (Lipinski definition) is 2. The second-order valence-electron chi connectivity index (χ2n) is 5.43. The fraction of sp³-hybridized carbons (Fsp3) is 0.600. The van der Waals surface area contributed by atoms with Crippen molar-refractivity contribution in [1.29, 1.82) is 0 Å². The van der Waals surface area contributed by atoms with Gasteiger partial charge in [0.15, 0.2) is 0 Å². The van der Waals surface area contributed by atoms with Crippen LogP contribution in [0.15, 0.2) is 24.3 Å². The highest BCUT2D eigenvalue weighted by Crippen LogP contribution is 2.27. The van der Waals surface area contributed by atoms with Crippen molar-refractivity contribution in [3.8, 4) is 5.75 Å². The summed E-state index contributed by atoms with van der Waals surface area (Å²) < 4.78 is 5.99. The molecule has 1 N–H and O–H groups in total. The third-order valence-corrected chi connectivity index (χ3v) is 2.50. The minimum absolute atomic E-state index is 0.152. The first kappa shape index (κ1) is 14.0. The topological polar surface area (TPSA) is 21.3 Å². The largest absolute Gasteiger partial charge is 0.488 e. The highest BCUT2D eigenvalue weighted by Gasteiger charge is 2.16. The first-order valence-corrected chi connectivity index (χ1v) is 6.45. The van der Waals surface area contributed by atoms with E-state index in [1.807, 2.05) is 12.1 Å². The molecule has 17 heavy (non-hydrogen) atoms. The molecule has 0 heterocycles. The van der Waals surface area contributed by atoms with Gasteiger partial charge in [-0.2, -0.15) is 0 Å². The van der Waals surface area contributed by atoms with Gasteiger partial charge in [0.05, 0.1) is 0 Å². The van der Waals surface area contributed by atoms with Gasteiger partial charge in [-0.1, -0.05) is 25.1 Å². The first-order chi connectivity index (χ1) is 7.94. The molecule has 1 unspecified atom stereocenters. The van der Waals surface area contributed by atoms with E-state index in [0.29, 0.717) is 6.04 Å². The smallest absolute Gasteiger partial charge is 0.124 e. The highest BCUT2D eigenvalue weighted by molar-refractivity contribution is 5.36. The van der Waals surface area contributed by atoms with E-state index in [1.54, 1.807) is 0 Å². The zero-order chi connectivity index (χ0) is 12.9. The molecular weight excluding hydrogens is 210 g/mol. The third-order valence-electron chi connectivity index (χ3n) is 2.50. The summed E-state index contributed by atoms with van der Waals surface area (Å²) in [6.45, 7) is 11.6. The minimum Gasteiger partial charge on any atom is -0.488 e. The molecule has 0 spiro atoms. The third kappa shape index (κ3) is 4.78. The summed E-state index contributed by atoms with van der Waals surface area (Å²) in [7, 11) is 0. The van der Waals surface area contributed by atoms with Crippen LogP contribution in [0.2, 0.25) is 0 Å². The van der Waals surface area contributed by atoms with Gasteiger partial charge in [-0.15, -0.1) is 0 Å². The van der Waals surface area contributed by atoms with E-state index in [9.17, 15) is 0 Å². The van der Waals surface area contributed by atoms with Gasteiger partial charge < -0.3 is 10.1 Å². The molecule has 0 aliphatic heterocycles. The Morgan fingerprint density at radius 3 is 2.47 bits per heavy atom. The van der Waals surface area contributed by atoms with Gasteiger partial charge in [-0.05, 0) is 46.7 Å². The van der Waals surface area contributed by atoms with Gasteiger partial charge in [0.2, 0.25) is 0 Å². The molecule has 0 saturated heterocycles. The molecule has 0 aliphatic rings. The summed E-state index contributed by atoms with van der Waals surface area (Å²) in [6.07, 6.45) is 1.15. The molecule has 2 heteroatoms. The lowest BCUT2D eigenvalue weighted by Crippen LogP contribution is -2.25. The van der Waals surface area contributed by atoms with Crippen LogP contribution in [0.4, 0.5) is 0 Å². The maximum Gasteiger partial charge on any atom is 0.124 e. The highest BCUT2D eigenvalue weighted by atomic mass is 16.5. The van der Waals surface area contributed by atoms with Gasteiger partial charge in [0.1, 0.15) is 11.4 Å². The number of benzene rings is 1. The fourth-order valence-electron chi connectivity index (χ4n) is 1.73. The molecule has 0 saturated carbocycles. The van der Waals surface area contributed by atoms with Crippen molar-refractivity contribution in [2.75, 3.05) is 6.54 Å². The number of ether oxygens (including phenoxy) is 1. The fourth-order valence-corrected chi connectivity index (χ4v) is 1.73. The molecular formula is C15H25NO. The van der Waals surface area contributed by atoms with Gasteiger partial charge in [-0.3, -0.25) is 0 Å². The summed E-state index contributed by atoms with van der Waals surface area (Å²) >= 11 is 0. The van der Waals surface area contributed by atoms with Gasteiger partial charge >= 0.3 is 0 Å². The molecule has 0 amide bonds. The van der Waals surface area contributed by atoms with E-state index in [1.165, 1.54) is 5.56 Å². The molecule has 2 nitrogen and oxygen atoms in total. The first-order valence-electron chi connectivity index (χ1n) is 6.45. The number of nitrogens with one attached hydrogen (secondary N) is 1. The van der Waals surface area contributed by atoms with E-state index in [0.717, 1.165) is 18.7 Å². The SMILES string of the molecule is CCCNC(C)c1ccccc1OC(C)(C)C. The Bertz CT molecular complexity index is 341. The second kappa shape index (κ2) is 6.06. The van der Waals surface area contributed by atoms with E-state index < -0.39 is 0 Å². The lowest BCUT2D eigenvalue weighted by atomic mass is 10.1. The summed E-state index contributed by atoms with van der Waals surface area (Å²) in [5.41, 5.74) is 1.08. The van der Waals surface area contributed by atoms with Crippen LogP contribution in [0.5, 0.6) is 5.75 Å². The monoisotopic (exact) mass is 235 g/mol. The maximum absolute atomic E-state index is 5.99. The molecule has 0 aromatic heterocycles. The van der Waals surface area contributed by atoms with Crippen molar-refractivity contribution in [1.82, 2.24) is 5.32 Å². The lowest BCUT2D eigenvalue weighted by Gasteiger charge is -2.25.